The molecule has 0 radical (unpaired) electrons. The second kappa shape index (κ2) is 3.82. The van der Waals surface area contributed by atoms with Gasteiger partial charge in [-0.2, -0.15) is 0 Å². The first-order valence-electron chi connectivity index (χ1n) is 3.85. The molecule has 1 aliphatic rings. The van der Waals surface area contributed by atoms with E-state index in [-0.39, 0.29) is 0 Å². The highest BCUT2D eigenvalue weighted by atomic mass is 16.6. The first kappa shape index (κ1) is 10.8. The van der Waals surface area contributed by atoms with Crippen LogP contribution < -0.4 is 5.32 Å². The average molecular weight is 205 g/mol. The molecule has 0 spiro atoms. The smallest absolute Gasteiger partial charge is 0.377 e. The Labute approximate surface area is 79.2 Å². The highest BCUT2D eigenvalue weighted by molar-refractivity contribution is 5.89. The van der Waals surface area contributed by atoms with Crippen LogP contribution in [0.25, 0.3) is 0 Å². The van der Waals surface area contributed by atoms with Gasteiger partial charge in [0, 0.05) is 0 Å². The quantitative estimate of drug-likeness (QED) is 0.270. The fourth-order valence-electron chi connectivity index (χ4n) is 1.03. The number of carbonyl (C=O) groups is 1. The van der Waals surface area contributed by atoms with Crippen LogP contribution in [-0.2, 0) is 9.53 Å². The van der Waals surface area contributed by atoms with Crippen molar-refractivity contribution in [2.45, 2.75) is 18.4 Å². The predicted molar refractivity (Wildman–Crippen MR) is 43.2 cm³/mol. The van der Waals surface area contributed by atoms with Gasteiger partial charge in [0.15, 0.2) is 11.9 Å². The lowest BCUT2D eigenvalue weighted by atomic mass is 10.1. The zero-order chi connectivity index (χ0) is 10.9. The third kappa shape index (κ3) is 1.65. The van der Waals surface area contributed by atoms with Crippen LogP contribution in [0.5, 0.6) is 0 Å². The number of aliphatic hydroxyl groups excluding tert-OH is 4. The van der Waals surface area contributed by atoms with Crippen molar-refractivity contribution in [1.29, 1.82) is 0 Å². The zero-order valence-corrected chi connectivity index (χ0v) is 7.34. The number of likely N-dealkylation sites (N-methyl/N-ethyl adjacent to an activating group) is 1. The normalized spacial score (nSPS) is 26.2. The van der Waals surface area contributed by atoms with Crippen LogP contribution in [0.15, 0.2) is 11.5 Å². The summed E-state index contributed by atoms with van der Waals surface area (Å²) in [5, 5.41) is 38.7. The van der Waals surface area contributed by atoms with Gasteiger partial charge in [-0.1, -0.05) is 0 Å². The standard InChI is InChI=1S/C7H11NO6/c1-8-6(12)4(11)5-2(9)3(10)7(13)14-5/h4-6,8-12H,1H3/t4-,5+,6?/m1/s1. The molecular formula is C7H11NO6. The number of hydrogen-bond acceptors (Lipinski definition) is 7. The Balaban J connectivity index is 2.78. The molecule has 7 nitrogen and oxygen atoms in total. The van der Waals surface area contributed by atoms with Crippen LogP contribution >= 0.6 is 0 Å². The minimum Gasteiger partial charge on any atom is -0.505 e. The number of aliphatic hydroxyl groups is 4. The van der Waals surface area contributed by atoms with E-state index in [1.165, 1.54) is 7.05 Å². The molecule has 0 saturated carbocycles. The van der Waals surface area contributed by atoms with Crippen molar-refractivity contribution >= 4 is 5.97 Å². The van der Waals surface area contributed by atoms with Gasteiger partial charge >= 0.3 is 5.97 Å². The number of hydrogen-bond donors (Lipinski definition) is 5. The highest BCUT2D eigenvalue weighted by Gasteiger charge is 2.41. The van der Waals surface area contributed by atoms with E-state index >= 15 is 0 Å². The van der Waals surface area contributed by atoms with Gasteiger partial charge in [-0.15, -0.1) is 0 Å². The van der Waals surface area contributed by atoms with E-state index in [1.807, 2.05) is 0 Å². The lowest BCUT2D eigenvalue weighted by Crippen LogP contribution is -2.45. The predicted octanol–water partition coefficient (Wildman–Crippen LogP) is -1.86. The molecule has 0 aromatic heterocycles. The summed E-state index contributed by atoms with van der Waals surface area (Å²) in [4.78, 5) is 10.7. The van der Waals surface area contributed by atoms with Crippen molar-refractivity contribution in [3.63, 3.8) is 0 Å². The fraction of sp³-hybridized carbons (Fsp3) is 0.571. The van der Waals surface area contributed by atoms with Crippen LogP contribution in [0.1, 0.15) is 0 Å². The number of cyclic esters (lactones) is 1. The lowest BCUT2D eigenvalue weighted by Gasteiger charge is -2.21. The van der Waals surface area contributed by atoms with Crippen LogP contribution in [0, 0.1) is 0 Å². The van der Waals surface area contributed by atoms with E-state index in [4.69, 9.17) is 15.3 Å². The van der Waals surface area contributed by atoms with Gasteiger partial charge in [0.25, 0.3) is 0 Å². The van der Waals surface area contributed by atoms with Gasteiger partial charge in [-0.3, -0.25) is 5.32 Å². The summed E-state index contributed by atoms with van der Waals surface area (Å²) < 4.78 is 4.41. The maximum Gasteiger partial charge on any atom is 0.377 e. The number of ether oxygens (including phenoxy) is 1. The third-order valence-electron chi connectivity index (χ3n) is 1.87. The average Bonchev–Trinajstić information content (AvgIpc) is 2.43. The van der Waals surface area contributed by atoms with Crippen LogP contribution in [0.4, 0.5) is 0 Å². The Bertz CT molecular complexity index is 275. The summed E-state index contributed by atoms with van der Waals surface area (Å²) in [7, 11) is 1.37. The molecule has 1 unspecified atom stereocenters. The zero-order valence-electron chi connectivity index (χ0n) is 7.34. The molecule has 7 heteroatoms. The number of carbonyl (C=O) groups excluding carboxylic acids is 1. The van der Waals surface area contributed by atoms with Crippen LogP contribution in [0.3, 0.4) is 0 Å². The molecule has 0 saturated heterocycles. The van der Waals surface area contributed by atoms with Gasteiger partial charge in [-0.25, -0.2) is 4.79 Å². The molecule has 0 amide bonds. The largest absolute Gasteiger partial charge is 0.505 e. The summed E-state index contributed by atoms with van der Waals surface area (Å²) in [6.07, 6.45) is -4.36. The van der Waals surface area contributed by atoms with Gasteiger partial charge in [-0.05, 0) is 7.05 Å². The molecule has 0 fully saturated rings. The van der Waals surface area contributed by atoms with E-state index in [1.54, 1.807) is 0 Å². The van der Waals surface area contributed by atoms with E-state index in [0.717, 1.165) is 0 Å². The van der Waals surface area contributed by atoms with E-state index in [2.05, 4.69) is 10.1 Å². The fourth-order valence-corrected chi connectivity index (χ4v) is 1.03. The van der Waals surface area contributed by atoms with E-state index in [0.29, 0.717) is 0 Å². The van der Waals surface area contributed by atoms with E-state index < -0.39 is 35.9 Å². The molecule has 80 valence electrons. The number of nitrogens with one attached hydrogen (secondary N) is 1. The van der Waals surface area contributed by atoms with Crippen molar-refractivity contribution in [3.05, 3.63) is 11.5 Å². The second-order valence-corrected chi connectivity index (χ2v) is 2.78. The van der Waals surface area contributed by atoms with Gasteiger partial charge in [0.1, 0.15) is 12.3 Å². The molecule has 1 heterocycles. The Kier molecular flexibility index (Phi) is 2.94. The van der Waals surface area contributed by atoms with Crippen molar-refractivity contribution in [2.75, 3.05) is 7.05 Å². The monoisotopic (exact) mass is 205 g/mol. The Morgan fingerprint density at radius 1 is 1.43 bits per heavy atom. The molecule has 3 atom stereocenters. The Morgan fingerprint density at radius 3 is 2.36 bits per heavy atom. The van der Waals surface area contributed by atoms with Crippen LogP contribution in [-0.4, -0.2) is 51.9 Å². The first-order chi connectivity index (χ1) is 6.49. The summed E-state index contributed by atoms with van der Waals surface area (Å²) in [6.45, 7) is 0. The summed E-state index contributed by atoms with van der Waals surface area (Å²) in [6, 6.07) is 0. The SMILES string of the molecule is CNC(O)[C@H](O)[C@H]1OC(=O)C(O)=C1O. The van der Waals surface area contributed by atoms with E-state index in [9.17, 15) is 9.90 Å². The minimum absolute atomic E-state index is 0.781. The molecule has 5 N–H and O–H groups in total. The first-order valence-corrected chi connectivity index (χ1v) is 3.85. The molecule has 1 rings (SSSR count). The van der Waals surface area contributed by atoms with Crippen molar-refractivity contribution in [2.24, 2.45) is 0 Å². The molecule has 1 aliphatic heterocycles. The molecule has 0 aliphatic carbocycles. The van der Waals surface area contributed by atoms with Gasteiger partial charge in [0.05, 0.1) is 0 Å². The summed E-state index contributed by atoms with van der Waals surface area (Å²) in [5.41, 5.74) is 0. The van der Waals surface area contributed by atoms with Crippen LogP contribution in [0.2, 0.25) is 0 Å². The lowest BCUT2D eigenvalue weighted by molar-refractivity contribution is -0.151. The van der Waals surface area contributed by atoms with Crippen molar-refractivity contribution < 1.29 is 30.0 Å². The number of rotatable bonds is 3. The Hall–Kier alpha value is -1.31. The molecule has 14 heavy (non-hydrogen) atoms. The third-order valence-corrected chi connectivity index (χ3v) is 1.87. The van der Waals surface area contributed by atoms with Crippen molar-refractivity contribution in [3.8, 4) is 0 Å². The number of esters is 1. The van der Waals surface area contributed by atoms with Gasteiger partial charge < -0.3 is 25.2 Å². The highest BCUT2D eigenvalue weighted by Crippen LogP contribution is 2.22. The molecule has 0 aromatic carbocycles. The Morgan fingerprint density at radius 2 is 2.00 bits per heavy atom. The summed E-state index contributed by atoms with van der Waals surface area (Å²) in [5.74, 6) is -2.86. The topological polar surface area (TPSA) is 119 Å². The molecule has 0 aromatic rings. The molecular weight excluding hydrogens is 194 g/mol. The minimum atomic E-state index is -1.55. The summed E-state index contributed by atoms with van der Waals surface area (Å²) >= 11 is 0. The van der Waals surface area contributed by atoms with Crippen molar-refractivity contribution in [1.82, 2.24) is 5.32 Å². The maximum atomic E-state index is 10.7. The molecule has 0 bridgehead atoms. The van der Waals surface area contributed by atoms with Gasteiger partial charge in [0.2, 0.25) is 5.76 Å². The maximum absolute atomic E-state index is 10.7. The second-order valence-electron chi connectivity index (χ2n) is 2.78.